The van der Waals surface area contributed by atoms with E-state index in [1.807, 2.05) is 100 Å². The molecule has 2 N–H and O–H groups in total. The average Bonchev–Trinajstić information content (AvgIpc) is 3.68. The maximum absolute atomic E-state index is 11.9. The summed E-state index contributed by atoms with van der Waals surface area (Å²) in [4.78, 5) is 14.9. The van der Waals surface area contributed by atoms with E-state index in [2.05, 4.69) is 27.3 Å². The summed E-state index contributed by atoms with van der Waals surface area (Å²) in [5.74, 6) is 0.141. The molecule has 6 aromatic rings. The molecule has 0 saturated heterocycles. The molecule has 0 saturated carbocycles. The van der Waals surface area contributed by atoms with E-state index in [-0.39, 0.29) is 37.7 Å². The minimum absolute atomic E-state index is 0. The molecule has 0 amide bonds. The molecule has 49 heavy (non-hydrogen) atoms. The first-order valence-electron chi connectivity index (χ1n) is 16.1. The van der Waals surface area contributed by atoms with Crippen LogP contribution in [-0.2, 0) is 27.8 Å². The van der Waals surface area contributed by atoms with Crippen LogP contribution in [0.2, 0.25) is 0 Å². The van der Waals surface area contributed by atoms with Crippen molar-refractivity contribution in [1.82, 2.24) is 30.0 Å². The Balaban J connectivity index is 0.000000271. The van der Waals surface area contributed by atoms with Gasteiger partial charge in [0.2, 0.25) is 0 Å². The van der Waals surface area contributed by atoms with Gasteiger partial charge in [0.25, 0.3) is 0 Å². The molecule has 0 fully saturated rings. The first-order valence-corrected chi connectivity index (χ1v) is 16.1. The zero-order chi connectivity index (χ0) is 33.6. The summed E-state index contributed by atoms with van der Waals surface area (Å²) >= 11 is 0. The van der Waals surface area contributed by atoms with Gasteiger partial charge in [-0.1, -0.05) is 92.3 Å². The Kier molecular flexibility index (Phi) is 13.0. The second-order valence-electron chi connectivity index (χ2n) is 12.5. The van der Waals surface area contributed by atoms with Crippen molar-refractivity contribution in [3.8, 4) is 22.9 Å². The van der Waals surface area contributed by atoms with E-state index in [1.165, 1.54) is 15.2 Å². The molecular formula is C39H50N6O4. The van der Waals surface area contributed by atoms with Crippen molar-refractivity contribution < 1.29 is 19.7 Å². The molecule has 2 heterocycles. The number of esters is 1. The van der Waals surface area contributed by atoms with Gasteiger partial charge in [0.15, 0.2) is 0 Å². The second kappa shape index (κ2) is 16.7. The number of hydrogen-bond acceptors (Lipinski definition) is 8. The Morgan fingerprint density at radius 3 is 1.69 bits per heavy atom. The van der Waals surface area contributed by atoms with Gasteiger partial charge >= 0.3 is 5.97 Å². The average molecular weight is 667 g/mol. The monoisotopic (exact) mass is 666 g/mol. The Morgan fingerprint density at radius 2 is 1.20 bits per heavy atom. The highest BCUT2D eigenvalue weighted by Crippen LogP contribution is 2.36. The van der Waals surface area contributed by atoms with Gasteiger partial charge in [0.1, 0.15) is 44.9 Å². The lowest BCUT2D eigenvalue weighted by molar-refractivity contribution is -0.143. The standard InChI is InChI=1S/C22H27N3O3.C15H15N3O.2CH4/c1-5-12-28-20(26)11-10-15-13-16(22(2,3)4)21(27)19(14-15)25-23-17-8-6-7-9-18(17)24-25;1-2-5-11-8-9-15(19)14(10-11)18-16-12-6-3-4-7-13(12)17-18;;/h6-9,13-14,27H,5,10-12H2,1-4H3;3-4,6-10,19H,2,5H2,1H3;2*1H4. The fourth-order valence-corrected chi connectivity index (χ4v) is 5.19. The van der Waals surface area contributed by atoms with Gasteiger partial charge in [-0.25, -0.2) is 0 Å². The summed E-state index contributed by atoms with van der Waals surface area (Å²) in [5, 5.41) is 38.7. The quantitative estimate of drug-likeness (QED) is 0.147. The predicted octanol–water partition coefficient (Wildman–Crippen LogP) is 8.66. The Bertz CT molecular complexity index is 1920. The van der Waals surface area contributed by atoms with Crippen molar-refractivity contribution in [3.63, 3.8) is 0 Å². The number of hydrogen-bond donors (Lipinski definition) is 2. The van der Waals surface area contributed by atoms with Crippen LogP contribution < -0.4 is 0 Å². The number of phenolic OH excluding ortho intramolecular Hbond substituents is 2. The molecule has 0 atom stereocenters. The molecule has 260 valence electrons. The molecule has 0 radical (unpaired) electrons. The predicted molar refractivity (Wildman–Crippen MR) is 197 cm³/mol. The largest absolute Gasteiger partial charge is 0.506 e. The molecule has 0 bridgehead atoms. The van der Waals surface area contributed by atoms with Gasteiger partial charge in [0.05, 0.1) is 6.61 Å². The minimum atomic E-state index is -0.274. The van der Waals surface area contributed by atoms with Gasteiger partial charge < -0.3 is 14.9 Å². The van der Waals surface area contributed by atoms with Gasteiger partial charge in [-0.05, 0) is 78.3 Å². The van der Waals surface area contributed by atoms with Crippen LogP contribution in [0.15, 0.2) is 78.9 Å². The summed E-state index contributed by atoms with van der Waals surface area (Å²) in [6, 6.07) is 24.6. The number of carbonyl (C=O) groups is 1. The van der Waals surface area contributed by atoms with E-state index < -0.39 is 0 Å². The third kappa shape index (κ3) is 9.22. The van der Waals surface area contributed by atoms with Gasteiger partial charge in [-0.2, -0.15) is 0 Å². The number of aromatic hydroxyl groups is 2. The molecule has 6 rings (SSSR count). The summed E-state index contributed by atoms with van der Waals surface area (Å²) in [5.41, 5.74) is 6.94. The van der Waals surface area contributed by atoms with Crippen LogP contribution in [-0.4, -0.2) is 52.8 Å². The van der Waals surface area contributed by atoms with E-state index >= 15 is 0 Å². The molecule has 0 aliphatic carbocycles. The van der Waals surface area contributed by atoms with Crippen LogP contribution in [0.4, 0.5) is 0 Å². The maximum atomic E-state index is 11.9. The molecule has 10 nitrogen and oxygen atoms in total. The van der Waals surface area contributed by atoms with Crippen LogP contribution in [0, 0.1) is 0 Å². The van der Waals surface area contributed by atoms with E-state index in [9.17, 15) is 15.0 Å². The normalized spacial score (nSPS) is 11.0. The zero-order valence-corrected chi connectivity index (χ0v) is 27.6. The van der Waals surface area contributed by atoms with Crippen molar-refractivity contribution in [3.05, 3.63) is 95.6 Å². The Labute approximate surface area is 289 Å². The number of benzene rings is 4. The Morgan fingerprint density at radius 1 is 0.694 bits per heavy atom. The SMILES string of the molecule is C.C.CCCOC(=O)CCc1cc(-n2nc3ccccc3n2)c(O)c(C(C)(C)C)c1.CCCc1ccc(O)c(-n2nc3ccccc3n2)c1. The van der Waals surface area contributed by atoms with Crippen molar-refractivity contribution >= 4 is 28.0 Å². The maximum Gasteiger partial charge on any atom is 0.306 e. The van der Waals surface area contributed by atoms with Crippen LogP contribution >= 0.6 is 0 Å². The van der Waals surface area contributed by atoms with Crippen LogP contribution in [0.3, 0.4) is 0 Å². The first-order chi connectivity index (χ1) is 22.6. The summed E-state index contributed by atoms with van der Waals surface area (Å²) in [6.07, 6.45) is 3.68. The number of phenols is 2. The first kappa shape index (κ1) is 38.2. The highest BCUT2D eigenvalue weighted by Gasteiger charge is 2.23. The highest BCUT2D eigenvalue weighted by molar-refractivity contribution is 5.74. The third-order valence-corrected chi connectivity index (χ3v) is 7.63. The molecule has 0 aliphatic rings. The van der Waals surface area contributed by atoms with E-state index in [1.54, 1.807) is 6.07 Å². The Hall–Kier alpha value is -5.25. The molecule has 0 unspecified atom stereocenters. The molecular weight excluding hydrogens is 616 g/mol. The number of ether oxygens (including phenoxy) is 1. The van der Waals surface area contributed by atoms with Gasteiger partial charge in [0, 0.05) is 12.0 Å². The highest BCUT2D eigenvalue weighted by atomic mass is 16.5. The molecule has 2 aromatic heterocycles. The number of carbonyl (C=O) groups excluding carboxylic acids is 1. The fraction of sp³-hybridized carbons (Fsp3) is 0.359. The smallest absolute Gasteiger partial charge is 0.306 e. The van der Waals surface area contributed by atoms with Gasteiger partial charge in [-0.15, -0.1) is 30.0 Å². The van der Waals surface area contributed by atoms with Crippen molar-refractivity contribution in [2.45, 2.75) is 87.0 Å². The minimum Gasteiger partial charge on any atom is -0.506 e. The van der Waals surface area contributed by atoms with Crippen molar-refractivity contribution in [2.75, 3.05) is 6.61 Å². The topological polar surface area (TPSA) is 128 Å². The van der Waals surface area contributed by atoms with Gasteiger partial charge in [-0.3, -0.25) is 4.79 Å². The van der Waals surface area contributed by atoms with E-state index in [4.69, 9.17) is 4.74 Å². The third-order valence-electron chi connectivity index (χ3n) is 7.63. The lowest BCUT2D eigenvalue weighted by Gasteiger charge is -2.23. The number of nitrogens with zero attached hydrogens (tertiary/aromatic N) is 6. The second-order valence-corrected chi connectivity index (χ2v) is 12.5. The number of aromatic nitrogens is 6. The van der Waals surface area contributed by atoms with Crippen LogP contribution in [0.25, 0.3) is 33.4 Å². The summed E-state index contributed by atoms with van der Waals surface area (Å²) < 4.78 is 5.17. The fourth-order valence-electron chi connectivity index (χ4n) is 5.19. The van der Waals surface area contributed by atoms with Crippen LogP contribution in [0.5, 0.6) is 11.5 Å². The summed E-state index contributed by atoms with van der Waals surface area (Å²) in [6.45, 7) is 10.7. The number of rotatable bonds is 9. The van der Waals surface area contributed by atoms with Crippen LogP contribution in [0.1, 0.15) is 85.4 Å². The molecule has 10 heteroatoms. The number of fused-ring (bicyclic) bond motifs is 2. The lowest BCUT2D eigenvalue weighted by Crippen LogP contribution is -2.14. The zero-order valence-electron chi connectivity index (χ0n) is 27.6. The number of aryl methyl sites for hydroxylation is 2. The van der Waals surface area contributed by atoms with Crippen molar-refractivity contribution in [2.24, 2.45) is 0 Å². The van der Waals surface area contributed by atoms with E-state index in [0.29, 0.717) is 30.8 Å². The van der Waals surface area contributed by atoms with Crippen molar-refractivity contribution in [1.29, 1.82) is 0 Å². The molecule has 4 aromatic carbocycles. The van der Waals surface area contributed by atoms with E-state index in [0.717, 1.165) is 52.5 Å². The summed E-state index contributed by atoms with van der Waals surface area (Å²) in [7, 11) is 0. The lowest BCUT2D eigenvalue weighted by atomic mass is 9.84. The molecule has 0 aliphatic heterocycles. The molecule has 0 spiro atoms.